The number of carbonyl (C=O) groups excluding carboxylic acids is 1. The standard InChI is InChI=1S/C16H14N4O3/c21-15-14-11(10-3-1-2-4-12(10)19-14)7-20(15)13(16(22)23)5-9-6-17-8-18-9/h1-4,6,8,13,19H,5,7H2,(H,17,18)(H,22,23). The third-order valence-electron chi connectivity index (χ3n) is 4.25. The number of rotatable bonds is 4. The number of carboxylic acids is 1. The Labute approximate surface area is 131 Å². The monoisotopic (exact) mass is 310 g/mol. The Morgan fingerprint density at radius 1 is 1.39 bits per heavy atom. The Morgan fingerprint density at radius 3 is 2.96 bits per heavy atom. The fourth-order valence-electron chi connectivity index (χ4n) is 3.12. The molecule has 1 aliphatic heterocycles. The molecule has 4 rings (SSSR count). The molecule has 3 N–H and O–H groups in total. The minimum absolute atomic E-state index is 0.198. The van der Waals surface area contributed by atoms with Crippen molar-refractivity contribution >= 4 is 22.8 Å². The first-order chi connectivity index (χ1) is 11.1. The van der Waals surface area contributed by atoms with Crippen molar-refractivity contribution < 1.29 is 14.7 Å². The van der Waals surface area contributed by atoms with Crippen LogP contribution in [0.4, 0.5) is 0 Å². The van der Waals surface area contributed by atoms with E-state index in [9.17, 15) is 14.7 Å². The number of hydrogen-bond acceptors (Lipinski definition) is 3. The first kappa shape index (κ1) is 13.6. The van der Waals surface area contributed by atoms with E-state index in [1.807, 2.05) is 24.3 Å². The summed E-state index contributed by atoms with van der Waals surface area (Å²) in [5.74, 6) is -1.30. The van der Waals surface area contributed by atoms with E-state index in [2.05, 4.69) is 15.0 Å². The van der Waals surface area contributed by atoms with Crippen molar-refractivity contribution in [3.8, 4) is 0 Å². The van der Waals surface area contributed by atoms with E-state index in [0.717, 1.165) is 16.5 Å². The zero-order chi connectivity index (χ0) is 16.0. The number of imidazole rings is 1. The minimum atomic E-state index is -1.03. The van der Waals surface area contributed by atoms with Crippen LogP contribution < -0.4 is 0 Å². The predicted molar refractivity (Wildman–Crippen MR) is 81.9 cm³/mol. The Balaban J connectivity index is 1.69. The summed E-state index contributed by atoms with van der Waals surface area (Å²) in [7, 11) is 0. The third kappa shape index (κ3) is 2.09. The van der Waals surface area contributed by atoms with Gasteiger partial charge in [0.25, 0.3) is 5.91 Å². The number of aromatic nitrogens is 3. The van der Waals surface area contributed by atoms with Crippen molar-refractivity contribution in [2.45, 2.75) is 19.0 Å². The maximum absolute atomic E-state index is 12.6. The topological polar surface area (TPSA) is 102 Å². The second kappa shape index (κ2) is 4.98. The highest BCUT2D eigenvalue weighted by Gasteiger charge is 2.38. The van der Waals surface area contributed by atoms with E-state index in [1.54, 1.807) is 6.20 Å². The van der Waals surface area contributed by atoms with Crippen molar-refractivity contribution in [3.63, 3.8) is 0 Å². The molecule has 116 valence electrons. The molecule has 0 saturated carbocycles. The van der Waals surface area contributed by atoms with Crippen molar-refractivity contribution in [2.75, 3.05) is 0 Å². The number of carbonyl (C=O) groups is 2. The molecule has 0 saturated heterocycles. The van der Waals surface area contributed by atoms with E-state index >= 15 is 0 Å². The number of hydrogen-bond donors (Lipinski definition) is 3. The number of aromatic amines is 2. The average molecular weight is 310 g/mol. The summed E-state index contributed by atoms with van der Waals surface area (Å²) in [6.07, 6.45) is 3.27. The molecule has 1 amide bonds. The zero-order valence-electron chi connectivity index (χ0n) is 12.1. The summed E-state index contributed by atoms with van der Waals surface area (Å²) in [5.41, 5.74) is 2.93. The molecule has 1 aliphatic rings. The first-order valence-electron chi connectivity index (χ1n) is 7.26. The van der Waals surface area contributed by atoms with Gasteiger partial charge in [-0.3, -0.25) is 4.79 Å². The van der Waals surface area contributed by atoms with Gasteiger partial charge in [0.15, 0.2) is 0 Å². The predicted octanol–water partition coefficient (Wildman–Crippen LogP) is 1.54. The number of aliphatic carboxylic acids is 1. The second-order valence-corrected chi connectivity index (χ2v) is 5.59. The molecule has 0 radical (unpaired) electrons. The highest BCUT2D eigenvalue weighted by atomic mass is 16.4. The second-order valence-electron chi connectivity index (χ2n) is 5.59. The Morgan fingerprint density at radius 2 is 2.22 bits per heavy atom. The quantitative estimate of drug-likeness (QED) is 0.680. The number of H-pyrrole nitrogens is 2. The summed E-state index contributed by atoms with van der Waals surface area (Å²) in [4.78, 5) is 35.6. The maximum Gasteiger partial charge on any atom is 0.326 e. The van der Waals surface area contributed by atoms with Crippen LogP contribution in [0.1, 0.15) is 21.7 Å². The zero-order valence-corrected chi connectivity index (χ0v) is 12.1. The molecule has 3 heterocycles. The average Bonchev–Trinajstić information content (AvgIpc) is 3.23. The molecule has 1 atom stereocenters. The van der Waals surface area contributed by atoms with Gasteiger partial charge in [-0.15, -0.1) is 0 Å². The summed E-state index contributed by atoms with van der Waals surface area (Å²) in [5, 5.41) is 10.5. The van der Waals surface area contributed by atoms with Crippen LogP contribution in [0.5, 0.6) is 0 Å². The molecule has 0 spiro atoms. The molecule has 7 heteroatoms. The van der Waals surface area contributed by atoms with Gasteiger partial charge in [-0.25, -0.2) is 9.78 Å². The van der Waals surface area contributed by atoms with Gasteiger partial charge in [-0.2, -0.15) is 0 Å². The molecule has 3 aromatic rings. The lowest BCUT2D eigenvalue weighted by atomic mass is 10.1. The van der Waals surface area contributed by atoms with Crippen molar-refractivity contribution in [1.82, 2.24) is 19.9 Å². The molecule has 1 unspecified atom stereocenters. The number of nitrogens with one attached hydrogen (secondary N) is 2. The van der Waals surface area contributed by atoms with E-state index < -0.39 is 12.0 Å². The summed E-state index contributed by atoms with van der Waals surface area (Å²) in [6, 6.07) is 6.72. The molecule has 7 nitrogen and oxygen atoms in total. The van der Waals surface area contributed by atoms with Gasteiger partial charge in [0, 0.05) is 41.3 Å². The van der Waals surface area contributed by atoms with E-state index in [4.69, 9.17) is 0 Å². The number of amides is 1. The number of benzene rings is 1. The fourth-order valence-corrected chi connectivity index (χ4v) is 3.12. The molecule has 1 aromatic carbocycles. The normalized spacial score (nSPS) is 15.1. The van der Waals surface area contributed by atoms with Crippen LogP contribution in [-0.4, -0.2) is 42.9 Å². The smallest absolute Gasteiger partial charge is 0.326 e. The van der Waals surface area contributed by atoms with Gasteiger partial charge in [-0.1, -0.05) is 18.2 Å². The highest BCUT2D eigenvalue weighted by Crippen LogP contribution is 2.31. The van der Waals surface area contributed by atoms with Crippen LogP contribution >= 0.6 is 0 Å². The third-order valence-corrected chi connectivity index (χ3v) is 4.25. The number of fused-ring (bicyclic) bond motifs is 3. The number of carboxylic acid groups (broad SMARTS) is 1. The van der Waals surface area contributed by atoms with E-state index in [0.29, 0.717) is 17.9 Å². The van der Waals surface area contributed by atoms with Gasteiger partial charge >= 0.3 is 5.97 Å². The van der Waals surface area contributed by atoms with Crippen LogP contribution in [0.2, 0.25) is 0 Å². The Kier molecular flexibility index (Phi) is 2.94. The van der Waals surface area contributed by atoms with E-state index in [1.165, 1.54) is 11.2 Å². The first-order valence-corrected chi connectivity index (χ1v) is 7.26. The molecule has 0 aliphatic carbocycles. The molecule has 0 bridgehead atoms. The van der Waals surface area contributed by atoms with Crippen LogP contribution in [0.25, 0.3) is 10.9 Å². The van der Waals surface area contributed by atoms with Crippen LogP contribution in [0.15, 0.2) is 36.8 Å². The molecule has 23 heavy (non-hydrogen) atoms. The number of para-hydroxylation sites is 1. The van der Waals surface area contributed by atoms with Gasteiger partial charge in [0.05, 0.1) is 6.33 Å². The van der Waals surface area contributed by atoms with Crippen molar-refractivity contribution in [1.29, 1.82) is 0 Å². The van der Waals surface area contributed by atoms with E-state index in [-0.39, 0.29) is 12.3 Å². The number of nitrogens with zero attached hydrogens (tertiary/aromatic N) is 2. The van der Waals surface area contributed by atoms with Gasteiger partial charge in [-0.05, 0) is 6.07 Å². The highest BCUT2D eigenvalue weighted by molar-refractivity contribution is 6.05. The summed E-state index contributed by atoms with van der Waals surface area (Å²) in [6.45, 7) is 0.295. The van der Waals surface area contributed by atoms with Crippen molar-refractivity contribution in [3.05, 3.63) is 53.7 Å². The lowest BCUT2D eigenvalue weighted by Gasteiger charge is -2.23. The molecule has 0 fully saturated rings. The molecular formula is C16H14N4O3. The van der Waals surface area contributed by atoms with Gasteiger partial charge in [0.2, 0.25) is 0 Å². The molecular weight excluding hydrogens is 296 g/mol. The Hall–Kier alpha value is -3.09. The van der Waals surface area contributed by atoms with Crippen LogP contribution in [0, 0.1) is 0 Å². The van der Waals surface area contributed by atoms with Crippen molar-refractivity contribution in [2.24, 2.45) is 0 Å². The van der Waals surface area contributed by atoms with Gasteiger partial charge in [0.1, 0.15) is 11.7 Å². The lowest BCUT2D eigenvalue weighted by Crippen LogP contribution is -2.43. The lowest BCUT2D eigenvalue weighted by molar-refractivity contribution is -0.142. The molecule has 2 aromatic heterocycles. The summed E-state index contributed by atoms with van der Waals surface area (Å²) >= 11 is 0. The fraction of sp³-hybridized carbons (Fsp3) is 0.188. The largest absolute Gasteiger partial charge is 0.480 e. The summed E-state index contributed by atoms with van der Waals surface area (Å²) < 4.78 is 0. The minimum Gasteiger partial charge on any atom is -0.480 e. The maximum atomic E-state index is 12.6. The van der Waals surface area contributed by atoms with Crippen LogP contribution in [0.3, 0.4) is 0 Å². The van der Waals surface area contributed by atoms with Gasteiger partial charge < -0.3 is 20.0 Å². The Bertz CT molecular complexity index is 897. The SMILES string of the molecule is O=C(O)C(Cc1cnc[nH]1)N1Cc2c([nH]c3ccccc23)C1=O. The van der Waals surface area contributed by atoms with Crippen LogP contribution in [-0.2, 0) is 17.8 Å².